The van der Waals surface area contributed by atoms with Gasteiger partial charge in [-0.3, -0.25) is 4.79 Å². The number of nitrogens with zero attached hydrogens (tertiary/aromatic N) is 3. The number of hydrogen-bond acceptors (Lipinski definition) is 3. The molecule has 0 aliphatic rings. The van der Waals surface area contributed by atoms with Gasteiger partial charge < -0.3 is 9.97 Å². The van der Waals surface area contributed by atoms with Crippen LogP contribution < -0.4 is 0 Å². The highest BCUT2D eigenvalue weighted by atomic mass is 16.2. The number of benzene rings is 2. The van der Waals surface area contributed by atoms with Gasteiger partial charge >= 0.3 is 0 Å². The highest BCUT2D eigenvalue weighted by molar-refractivity contribution is 6.09. The zero-order valence-electron chi connectivity index (χ0n) is 14.2. The Morgan fingerprint density at radius 2 is 1.88 bits per heavy atom. The second kappa shape index (κ2) is 6.68. The van der Waals surface area contributed by atoms with Crippen LogP contribution >= 0.6 is 0 Å². The molecule has 0 aliphatic heterocycles. The first kappa shape index (κ1) is 15.8. The zero-order chi connectivity index (χ0) is 17.9. The summed E-state index contributed by atoms with van der Waals surface area (Å²) in [7, 11) is 1.63. The van der Waals surface area contributed by atoms with Crippen LogP contribution in [0.2, 0.25) is 0 Å². The van der Waals surface area contributed by atoms with E-state index in [-0.39, 0.29) is 5.91 Å². The van der Waals surface area contributed by atoms with E-state index < -0.39 is 0 Å². The van der Waals surface area contributed by atoms with Crippen molar-refractivity contribution in [2.75, 3.05) is 7.05 Å². The van der Waals surface area contributed by atoms with Crippen molar-refractivity contribution in [3.8, 4) is 11.1 Å². The zero-order valence-corrected chi connectivity index (χ0v) is 14.2. The standard InChI is InChI=1S/C20H17N5O/c1-25(23-12-15-11-21-13-22-15)20(26)19-18(14-7-3-2-4-8-14)16-9-5-6-10-17(16)24-19/h2-13,24H,1H3,(H,21,22). The monoisotopic (exact) mass is 343 g/mol. The minimum Gasteiger partial charge on any atom is -0.350 e. The predicted molar refractivity (Wildman–Crippen MR) is 102 cm³/mol. The molecule has 0 bridgehead atoms. The van der Waals surface area contributed by atoms with Crippen LogP contribution in [-0.2, 0) is 0 Å². The van der Waals surface area contributed by atoms with Crippen LogP contribution in [0.25, 0.3) is 22.0 Å². The number of aromatic amines is 2. The van der Waals surface area contributed by atoms with Gasteiger partial charge in [-0.25, -0.2) is 9.99 Å². The Bertz CT molecular complexity index is 1060. The molecule has 4 rings (SSSR count). The Morgan fingerprint density at radius 3 is 2.65 bits per heavy atom. The van der Waals surface area contributed by atoms with Gasteiger partial charge in [-0.15, -0.1) is 0 Å². The van der Waals surface area contributed by atoms with Crippen molar-refractivity contribution in [3.05, 3.63) is 78.5 Å². The molecule has 6 heteroatoms. The van der Waals surface area contributed by atoms with Crippen LogP contribution in [0.5, 0.6) is 0 Å². The summed E-state index contributed by atoms with van der Waals surface area (Å²) in [6, 6.07) is 17.8. The lowest BCUT2D eigenvalue weighted by molar-refractivity contribution is 0.0796. The number of H-pyrrole nitrogens is 2. The highest BCUT2D eigenvalue weighted by Gasteiger charge is 2.21. The quantitative estimate of drug-likeness (QED) is 0.438. The van der Waals surface area contributed by atoms with Crippen molar-refractivity contribution in [1.82, 2.24) is 20.0 Å². The second-order valence-electron chi connectivity index (χ2n) is 5.87. The summed E-state index contributed by atoms with van der Waals surface area (Å²) in [4.78, 5) is 23.1. The van der Waals surface area contributed by atoms with Crippen LogP contribution in [0.15, 0.2) is 72.2 Å². The number of fused-ring (bicyclic) bond motifs is 1. The molecule has 0 saturated heterocycles. The van der Waals surface area contributed by atoms with E-state index >= 15 is 0 Å². The molecule has 4 aromatic rings. The maximum Gasteiger partial charge on any atom is 0.290 e. The van der Waals surface area contributed by atoms with Crippen LogP contribution in [0, 0.1) is 0 Å². The fraction of sp³-hybridized carbons (Fsp3) is 0.0500. The summed E-state index contributed by atoms with van der Waals surface area (Å²) in [6.07, 6.45) is 4.77. The smallest absolute Gasteiger partial charge is 0.290 e. The van der Waals surface area contributed by atoms with Gasteiger partial charge in [0.25, 0.3) is 5.91 Å². The fourth-order valence-corrected chi connectivity index (χ4v) is 2.91. The summed E-state index contributed by atoms with van der Waals surface area (Å²) in [6.45, 7) is 0. The van der Waals surface area contributed by atoms with E-state index in [9.17, 15) is 4.79 Å². The van der Waals surface area contributed by atoms with E-state index in [1.165, 1.54) is 5.01 Å². The molecule has 0 radical (unpaired) electrons. The fourth-order valence-electron chi connectivity index (χ4n) is 2.91. The number of nitrogens with one attached hydrogen (secondary N) is 2. The third-order valence-corrected chi connectivity index (χ3v) is 4.17. The van der Waals surface area contributed by atoms with Gasteiger partial charge in [-0.1, -0.05) is 48.5 Å². The molecule has 2 heterocycles. The molecule has 0 aliphatic carbocycles. The van der Waals surface area contributed by atoms with Crippen LogP contribution in [0.3, 0.4) is 0 Å². The lowest BCUT2D eigenvalue weighted by atomic mass is 10.0. The van der Waals surface area contributed by atoms with E-state index in [0.29, 0.717) is 5.69 Å². The average Bonchev–Trinajstić information content (AvgIpc) is 3.33. The normalized spacial score (nSPS) is 11.3. The summed E-state index contributed by atoms with van der Waals surface area (Å²) in [5.74, 6) is -0.212. The van der Waals surface area contributed by atoms with E-state index in [4.69, 9.17) is 0 Å². The Labute approximate surface area is 150 Å². The number of aromatic nitrogens is 3. The number of hydrazone groups is 1. The van der Waals surface area contributed by atoms with Gasteiger partial charge in [0.2, 0.25) is 0 Å². The van der Waals surface area contributed by atoms with Crippen molar-refractivity contribution < 1.29 is 4.79 Å². The first-order valence-electron chi connectivity index (χ1n) is 8.20. The molecule has 0 saturated carbocycles. The van der Waals surface area contributed by atoms with Gasteiger partial charge in [0.05, 0.1) is 24.4 Å². The Kier molecular flexibility index (Phi) is 4.07. The van der Waals surface area contributed by atoms with E-state index in [1.807, 2.05) is 54.6 Å². The van der Waals surface area contributed by atoms with Gasteiger partial charge in [-0.2, -0.15) is 5.10 Å². The van der Waals surface area contributed by atoms with Gasteiger partial charge in [0, 0.05) is 23.5 Å². The molecule has 26 heavy (non-hydrogen) atoms. The predicted octanol–water partition coefficient (Wildman–Crippen LogP) is 3.66. The number of para-hydroxylation sites is 1. The third-order valence-electron chi connectivity index (χ3n) is 4.17. The molecular formula is C20H17N5O. The lowest BCUT2D eigenvalue weighted by Crippen LogP contribution is -2.22. The Hall–Kier alpha value is -3.67. The van der Waals surface area contributed by atoms with Crippen molar-refractivity contribution >= 4 is 23.0 Å². The molecule has 2 aromatic carbocycles. The number of hydrogen-bond donors (Lipinski definition) is 2. The topological polar surface area (TPSA) is 77.1 Å². The summed E-state index contributed by atoms with van der Waals surface area (Å²) in [5.41, 5.74) is 4.03. The molecule has 0 unspecified atom stereocenters. The number of carbonyl (C=O) groups excluding carboxylic acids is 1. The third kappa shape index (κ3) is 2.88. The average molecular weight is 343 g/mol. The molecule has 128 valence electrons. The summed E-state index contributed by atoms with van der Waals surface area (Å²) in [5, 5.41) is 6.54. The molecular weight excluding hydrogens is 326 g/mol. The molecule has 0 spiro atoms. The number of imidazole rings is 1. The molecule has 1 amide bonds. The highest BCUT2D eigenvalue weighted by Crippen LogP contribution is 2.32. The Morgan fingerprint density at radius 1 is 1.12 bits per heavy atom. The minimum absolute atomic E-state index is 0.212. The van der Waals surface area contributed by atoms with Crippen LogP contribution in [0.4, 0.5) is 0 Å². The SMILES string of the molecule is CN(N=Cc1cnc[nH]1)C(=O)c1[nH]c2ccccc2c1-c1ccccc1. The first-order valence-corrected chi connectivity index (χ1v) is 8.20. The van der Waals surface area contributed by atoms with E-state index in [2.05, 4.69) is 20.1 Å². The van der Waals surface area contributed by atoms with E-state index in [1.54, 1.807) is 25.8 Å². The van der Waals surface area contributed by atoms with Gasteiger partial charge in [-0.05, 0) is 11.6 Å². The van der Waals surface area contributed by atoms with Crippen molar-refractivity contribution in [2.45, 2.75) is 0 Å². The van der Waals surface area contributed by atoms with Gasteiger partial charge in [0.1, 0.15) is 5.69 Å². The van der Waals surface area contributed by atoms with E-state index in [0.717, 1.165) is 27.7 Å². The molecule has 0 fully saturated rings. The van der Waals surface area contributed by atoms with Crippen molar-refractivity contribution in [1.29, 1.82) is 0 Å². The largest absolute Gasteiger partial charge is 0.350 e. The minimum atomic E-state index is -0.212. The maximum atomic E-state index is 13.0. The maximum absolute atomic E-state index is 13.0. The first-order chi connectivity index (χ1) is 12.7. The van der Waals surface area contributed by atoms with Crippen molar-refractivity contribution in [2.24, 2.45) is 5.10 Å². The van der Waals surface area contributed by atoms with Crippen molar-refractivity contribution in [3.63, 3.8) is 0 Å². The molecule has 2 aromatic heterocycles. The van der Waals surface area contributed by atoms with Crippen LogP contribution in [0.1, 0.15) is 16.2 Å². The Balaban J connectivity index is 1.77. The number of amides is 1. The molecule has 2 N–H and O–H groups in total. The molecule has 6 nitrogen and oxygen atoms in total. The van der Waals surface area contributed by atoms with Gasteiger partial charge in [0.15, 0.2) is 0 Å². The number of carbonyl (C=O) groups is 1. The molecule has 0 atom stereocenters. The summed E-state index contributed by atoms with van der Waals surface area (Å²) >= 11 is 0. The lowest BCUT2D eigenvalue weighted by Gasteiger charge is -2.11. The number of rotatable bonds is 4. The summed E-state index contributed by atoms with van der Waals surface area (Å²) < 4.78 is 0. The second-order valence-corrected chi connectivity index (χ2v) is 5.87. The van der Waals surface area contributed by atoms with Crippen LogP contribution in [-0.4, -0.2) is 39.1 Å².